The molecule has 1 fully saturated rings. The fourth-order valence-corrected chi connectivity index (χ4v) is 3.74. The molecule has 2 heterocycles. The number of hydrogen-bond donors (Lipinski definition) is 0. The van der Waals surface area contributed by atoms with Crippen molar-refractivity contribution >= 4 is 10.0 Å². The van der Waals surface area contributed by atoms with Crippen molar-refractivity contribution < 1.29 is 21.6 Å². The summed E-state index contributed by atoms with van der Waals surface area (Å²) in [6.07, 6.45) is -0.765. The number of nitrogens with zero attached hydrogens (tertiary/aromatic N) is 2. The Labute approximate surface area is 109 Å². The lowest BCUT2D eigenvalue weighted by Gasteiger charge is -2.26. The maximum Gasteiger partial charge on any atom is 0.417 e. The molecule has 0 aliphatic carbocycles. The summed E-state index contributed by atoms with van der Waals surface area (Å²) in [5.41, 5.74) is -1.16. The van der Waals surface area contributed by atoms with E-state index >= 15 is 0 Å². The molecule has 1 saturated heterocycles. The number of pyridine rings is 1. The number of halogens is 3. The molecule has 0 spiro atoms. The molecule has 0 N–H and O–H groups in total. The summed E-state index contributed by atoms with van der Waals surface area (Å²) in [4.78, 5) is 2.75. The maximum atomic E-state index is 12.8. The minimum absolute atomic E-state index is 0.258. The monoisotopic (exact) mass is 294 g/mol. The van der Waals surface area contributed by atoms with E-state index in [0.717, 1.165) is 23.1 Å². The predicted molar refractivity (Wildman–Crippen MR) is 61.8 cm³/mol. The van der Waals surface area contributed by atoms with Gasteiger partial charge in [0.25, 0.3) is 0 Å². The van der Waals surface area contributed by atoms with Gasteiger partial charge in [-0.15, -0.1) is 0 Å². The van der Waals surface area contributed by atoms with Crippen LogP contribution in [0.5, 0.6) is 0 Å². The molecule has 0 atom stereocenters. The van der Waals surface area contributed by atoms with Crippen LogP contribution in [0, 0.1) is 0 Å². The molecule has 2 rings (SSSR count). The third kappa shape index (κ3) is 2.89. The topological polar surface area (TPSA) is 50.3 Å². The van der Waals surface area contributed by atoms with Gasteiger partial charge in [-0.1, -0.05) is 6.42 Å². The highest BCUT2D eigenvalue weighted by Gasteiger charge is 2.39. The van der Waals surface area contributed by atoms with Gasteiger partial charge in [-0.25, -0.2) is 8.42 Å². The third-order valence-corrected chi connectivity index (χ3v) is 4.95. The fourth-order valence-electron chi connectivity index (χ4n) is 2.06. The number of aromatic nitrogens is 1. The summed E-state index contributed by atoms with van der Waals surface area (Å²) < 4.78 is 64.1. The van der Waals surface area contributed by atoms with E-state index in [1.54, 1.807) is 0 Å². The first-order valence-electron chi connectivity index (χ1n) is 5.85. The van der Waals surface area contributed by atoms with Crippen molar-refractivity contribution in [3.8, 4) is 0 Å². The number of piperidine rings is 1. The summed E-state index contributed by atoms with van der Waals surface area (Å²) in [7, 11) is -4.12. The van der Waals surface area contributed by atoms with Gasteiger partial charge in [0.15, 0.2) is 0 Å². The standard InChI is InChI=1S/C11H13F3N2O2S/c12-11(13,14)9-4-5-15-8-10(9)19(17,18)16-6-2-1-3-7-16/h4-5,8H,1-3,6-7H2. The van der Waals surface area contributed by atoms with Crippen LogP contribution in [-0.2, 0) is 16.2 Å². The van der Waals surface area contributed by atoms with E-state index in [4.69, 9.17) is 0 Å². The third-order valence-electron chi connectivity index (χ3n) is 3.02. The highest BCUT2D eigenvalue weighted by atomic mass is 32.2. The normalized spacial score (nSPS) is 18.5. The molecule has 8 heteroatoms. The van der Waals surface area contributed by atoms with Gasteiger partial charge >= 0.3 is 6.18 Å². The van der Waals surface area contributed by atoms with Crippen LogP contribution >= 0.6 is 0 Å². The fraction of sp³-hybridized carbons (Fsp3) is 0.545. The van der Waals surface area contributed by atoms with Crippen LogP contribution < -0.4 is 0 Å². The van der Waals surface area contributed by atoms with Gasteiger partial charge in [-0.2, -0.15) is 17.5 Å². The van der Waals surface area contributed by atoms with Crippen LogP contribution in [0.25, 0.3) is 0 Å². The first kappa shape index (κ1) is 14.3. The average molecular weight is 294 g/mol. The number of rotatable bonds is 2. The second-order valence-corrected chi connectivity index (χ2v) is 6.24. The Morgan fingerprint density at radius 3 is 2.37 bits per heavy atom. The van der Waals surface area contributed by atoms with Crippen LogP contribution in [0.4, 0.5) is 13.2 Å². The summed E-state index contributed by atoms with van der Waals surface area (Å²) in [5, 5.41) is 0. The van der Waals surface area contributed by atoms with Gasteiger partial charge in [-0.05, 0) is 18.9 Å². The van der Waals surface area contributed by atoms with Gasteiger partial charge in [-0.3, -0.25) is 4.98 Å². The van der Waals surface area contributed by atoms with Crippen molar-refractivity contribution in [3.63, 3.8) is 0 Å². The van der Waals surface area contributed by atoms with E-state index in [-0.39, 0.29) is 13.1 Å². The Bertz CT molecular complexity index is 551. The summed E-state index contributed by atoms with van der Waals surface area (Å²) >= 11 is 0. The predicted octanol–water partition coefficient (Wildman–Crippen LogP) is 2.28. The molecule has 19 heavy (non-hydrogen) atoms. The molecule has 4 nitrogen and oxygen atoms in total. The largest absolute Gasteiger partial charge is 0.417 e. The molecule has 0 unspecified atom stereocenters. The Morgan fingerprint density at radius 2 is 1.79 bits per heavy atom. The molecule has 1 aliphatic rings. The molecule has 0 amide bonds. The highest BCUT2D eigenvalue weighted by Crippen LogP contribution is 2.35. The van der Waals surface area contributed by atoms with Crippen molar-refractivity contribution in [2.45, 2.75) is 30.3 Å². The quantitative estimate of drug-likeness (QED) is 0.841. The lowest BCUT2D eigenvalue weighted by atomic mass is 10.2. The van der Waals surface area contributed by atoms with Crippen LogP contribution in [0.3, 0.4) is 0 Å². The second kappa shape index (κ2) is 5.09. The molecular formula is C11H13F3N2O2S. The van der Waals surface area contributed by atoms with Crippen molar-refractivity contribution in [2.24, 2.45) is 0 Å². The maximum absolute atomic E-state index is 12.8. The van der Waals surface area contributed by atoms with Gasteiger partial charge < -0.3 is 0 Å². The van der Waals surface area contributed by atoms with Gasteiger partial charge in [0, 0.05) is 25.5 Å². The second-order valence-electron chi connectivity index (χ2n) is 4.33. The zero-order chi connectivity index (χ0) is 14.1. The first-order valence-corrected chi connectivity index (χ1v) is 7.29. The van der Waals surface area contributed by atoms with E-state index in [2.05, 4.69) is 4.98 Å². The van der Waals surface area contributed by atoms with Gasteiger partial charge in [0.05, 0.1) is 5.56 Å². The molecule has 106 valence electrons. The molecule has 0 aromatic carbocycles. The zero-order valence-electron chi connectivity index (χ0n) is 10.0. The van der Waals surface area contributed by atoms with Crippen molar-refractivity contribution in [3.05, 3.63) is 24.0 Å². The van der Waals surface area contributed by atoms with E-state index in [9.17, 15) is 21.6 Å². The molecule has 0 radical (unpaired) electrons. The van der Waals surface area contributed by atoms with Crippen LogP contribution in [0.1, 0.15) is 24.8 Å². The van der Waals surface area contributed by atoms with Crippen molar-refractivity contribution in [1.82, 2.24) is 9.29 Å². The molecule has 1 aromatic heterocycles. The van der Waals surface area contributed by atoms with E-state index in [0.29, 0.717) is 18.9 Å². The van der Waals surface area contributed by atoms with E-state index in [1.165, 1.54) is 0 Å². The molecule has 1 aromatic rings. The van der Waals surface area contributed by atoms with Gasteiger partial charge in [0.1, 0.15) is 4.90 Å². The molecule has 0 saturated carbocycles. The smallest absolute Gasteiger partial charge is 0.263 e. The summed E-state index contributed by atoms with van der Waals surface area (Å²) in [6.45, 7) is 0.517. The Hall–Kier alpha value is -1.15. The minimum atomic E-state index is -4.71. The van der Waals surface area contributed by atoms with E-state index in [1.807, 2.05) is 0 Å². The summed E-state index contributed by atoms with van der Waals surface area (Å²) in [6, 6.07) is 0.691. The number of sulfonamides is 1. The zero-order valence-corrected chi connectivity index (χ0v) is 10.8. The molecular weight excluding hydrogens is 281 g/mol. The molecule has 0 bridgehead atoms. The van der Waals surface area contributed by atoms with Crippen molar-refractivity contribution in [2.75, 3.05) is 13.1 Å². The Morgan fingerprint density at radius 1 is 1.16 bits per heavy atom. The lowest BCUT2D eigenvalue weighted by molar-refractivity contribution is -0.140. The minimum Gasteiger partial charge on any atom is -0.263 e. The van der Waals surface area contributed by atoms with Crippen LogP contribution in [-0.4, -0.2) is 30.8 Å². The summed E-state index contributed by atoms with van der Waals surface area (Å²) in [5.74, 6) is 0. The Kier molecular flexibility index (Phi) is 3.82. The van der Waals surface area contributed by atoms with Crippen LogP contribution in [0.2, 0.25) is 0 Å². The number of hydrogen-bond acceptors (Lipinski definition) is 3. The van der Waals surface area contributed by atoms with Crippen molar-refractivity contribution in [1.29, 1.82) is 0 Å². The number of alkyl halides is 3. The van der Waals surface area contributed by atoms with Crippen LogP contribution in [0.15, 0.2) is 23.4 Å². The average Bonchev–Trinajstić information content (AvgIpc) is 2.39. The first-order chi connectivity index (χ1) is 8.83. The van der Waals surface area contributed by atoms with Gasteiger partial charge in [0.2, 0.25) is 10.0 Å². The van der Waals surface area contributed by atoms with E-state index < -0.39 is 26.7 Å². The SMILES string of the molecule is O=S(=O)(c1cnccc1C(F)(F)F)N1CCCCC1. The lowest BCUT2D eigenvalue weighted by Crippen LogP contribution is -2.36. The Balaban J connectivity index is 2.46. The molecule has 1 aliphatic heterocycles. The highest BCUT2D eigenvalue weighted by molar-refractivity contribution is 7.89.